The lowest BCUT2D eigenvalue weighted by atomic mass is 10.1. The minimum Gasteiger partial charge on any atom is -0.479 e. The number of ether oxygens (including phenoxy) is 1. The Kier molecular flexibility index (Phi) is 8.83. The number of carboxylic acid groups (broad SMARTS) is 1. The fourth-order valence-electron chi connectivity index (χ4n) is 1.63. The van der Waals surface area contributed by atoms with Gasteiger partial charge in [-0.05, 0) is 59.7 Å². The molecule has 2 aromatic carbocycles. The van der Waals surface area contributed by atoms with Gasteiger partial charge in [-0.3, -0.25) is 0 Å². The molecule has 0 amide bonds. The summed E-state index contributed by atoms with van der Waals surface area (Å²) in [4.78, 5) is 10.4. The monoisotopic (exact) mass is 427 g/mol. The Morgan fingerprint density at radius 3 is 2.13 bits per heavy atom. The Bertz CT molecular complexity index is 585. The molecule has 0 bridgehead atoms. The highest BCUT2D eigenvalue weighted by atomic mass is 127. The van der Waals surface area contributed by atoms with Crippen molar-refractivity contribution in [3.8, 4) is 0 Å². The van der Waals surface area contributed by atoms with Crippen molar-refractivity contribution in [1.29, 1.82) is 0 Å². The van der Waals surface area contributed by atoms with Crippen molar-refractivity contribution in [2.45, 2.75) is 32.6 Å². The van der Waals surface area contributed by atoms with E-state index >= 15 is 0 Å². The summed E-state index contributed by atoms with van der Waals surface area (Å²) in [6.45, 7) is 3.84. The lowest BCUT2D eigenvalue weighted by molar-refractivity contribution is -0.149. The Morgan fingerprint density at radius 2 is 1.70 bits per heavy atom. The summed E-state index contributed by atoms with van der Waals surface area (Å²) in [6.07, 6.45) is -0.755. The molecule has 0 aliphatic heterocycles. The average molecular weight is 427 g/mol. The van der Waals surface area contributed by atoms with Crippen LogP contribution >= 0.6 is 22.6 Å². The first-order valence-corrected chi connectivity index (χ1v) is 8.37. The normalized spacial score (nSPS) is 12.7. The van der Waals surface area contributed by atoms with Gasteiger partial charge in [0.1, 0.15) is 0 Å². The quantitative estimate of drug-likeness (QED) is 0.708. The predicted octanol–water partition coefficient (Wildman–Crippen LogP) is 3.99. The molecule has 0 radical (unpaired) electrons. The molecule has 5 heteroatoms. The van der Waals surface area contributed by atoms with E-state index in [9.17, 15) is 4.79 Å². The van der Waals surface area contributed by atoms with Gasteiger partial charge in [0.05, 0.1) is 6.61 Å². The van der Waals surface area contributed by atoms with Crippen molar-refractivity contribution in [1.82, 2.24) is 0 Å². The number of hydrogen-bond acceptors (Lipinski definition) is 3. The molecule has 0 unspecified atom stereocenters. The van der Waals surface area contributed by atoms with Crippen LogP contribution in [0.2, 0.25) is 0 Å². The molecule has 0 spiro atoms. The second-order valence-electron chi connectivity index (χ2n) is 5.12. The van der Waals surface area contributed by atoms with Gasteiger partial charge in [-0.1, -0.05) is 42.5 Å². The van der Waals surface area contributed by atoms with Crippen molar-refractivity contribution < 1.29 is 14.6 Å². The molecule has 0 saturated carbocycles. The number of benzene rings is 2. The number of aliphatic carboxylic acids is 1. The third-order valence-electron chi connectivity index (χ3n) is 3.09. The van der Waals surface area contributed by atoms with E-state index < -0.39 is 12.1 Å². The topological polar surface area (TPSA) is 72.5 Å². The smallest absolute Gasteiger partial charge is 0.332 e. The zero-order valence-electron chi connectivity index (χ0n) is 13.3. The zero-order valence-corrected chi connectivity index (χ0v) is 15.4. The third-order valence-corrected chi connectivity index (χ3v) is 3.81. The van der Waals surface area contributed by atoms with Crippen molar-refractivity contribution in [3.63, 3.8) is 0 Å². The first-order chi connectivity index (χ1) is 10.9. The van der Waals surface area contributed by atoms with Gasteiger partial charge in [0.2, 0.25) is 0 Å². The van der Waals surface area contributed by atoms with E-state index in [2.05, 4.69) is 22.6 Å². The minimum atomic E-state index is -0.935. The molecule has 2 atom stereocenters. The third kappa shape index (κ3) is 8.11. The fraction of sp³-hybridized carbons (Fsp3) is 0.278. The van der Waals surface area contributed by atoms with E-state index in [1.54, 1.807) is 0 Å². The number of hydrogen-bond donors (Lipinski definition) is 2. The van der Waals surface area contributed by atoms with E-state index in [4.69, 9.17) is 15.6 Å². The Labute approximate surface area is 150 Å². The van der Waals surface area contributed by atoms with Gasteiger partial charge in [-0.15, -0.1) is 0 Å². The summed E-state index contributed by atoms with van der Waals surface area (Å²) in [6, 6.07) is 18.0. The molecular formula is C18H22INO3. The molecule has 23 heavy (non-hydrogen) atoms. The van der Waals surface area contributed by atoms with E-state index in [0.29, 0.717) is 6.61 Å². The number of rotatable bonds is 5. The summed E-state index contributed by atoms with van der Waals surface area (Å²) in [5.41, 5.74) is 7.79. The number of carbonyl (C=O) groups is 1. The molecule has 0 aromatic heterocycles. The molecule has 0 saturated heterocycles. The largest absolute Gasteiger partial charge is 0.479 e. The molecular weight excluding hydrogens is 405 g/mol. The van der Waals surface area contributed by atoms with E-state index in [-0.39, 0.29) is 6.04 Å². The second-order valence-corrected chi connectivity index (χ2v) is 6.36. The highest BCUT2D eigenvalue weighted by Crippen LogP contribution is 2.09. The van der Waals surface area contributed by atoms with Gasteiger partial charge < -0.3 is 15.6 Å². The molecule has 2 rings (SSSR count). The minimum absolute atomic E-state index is 0.159. The van der Waals surface area contributed by atoms with Gasteiger partial charge in [0.15, 0.2) is 6.10 Å². The van der Waals surface area contributed by atoms with Crippen LogP contribution in [0, 0.1) is 3.57 Å². The maximum absolute atomic E-state index is 10.4. The molecule has 0 aliphatic carbocycles. The maximum Gasteiger partial charge on any atom is 0.332 e. The summed E-state index contributed by atoms with van der Waals surface area (Å²) in [5.74, 6) is -0.935. The van der Waals surface area contributed by atoms with E-state index in [0.717, 1.165) is 9.13 Å². The maximum atomic E-state index is 10.4. The van der Waals surface area contributed by atoms with Crippen LogP contribution in [0.25, 0.3) is 0 Å². The molecule has 0 fully saturated rings. The van der Waals surface area contributed by atoms with Crippen molar-refractivity contribution in [2.24, 2.45) is 5.73 Å². The van der Waals surface area contributed by atoms with Gasteiger partial charge in [-0.2, -0.15) is 0 Å². The molecule has 3 N–H and O–H groups in total. The second kappa shape index (κ2) is 10.4. The molecule has 124 valence electrons. The van der Waals surface area contributed by atoms with Gasteiger partial charge in [0, 0.05) is 9.61 Å². The van der Waals surface area contributed by atoms with Crippen LogP contribution in [-0.2, 0) is 16.1 Å². The average Bonchev–Trinajstić information content (AvgIpc) is 2.55. The number of carboxylic acids is 1. The highest BCUT2D eigenvalue weighted by Gasteiger charge is 2.10. The summed E-state index contributed by atoms with van der Waals surface area (Å²) in [5, 5.41) is 8.58. The predicted molar refractivity (Wildman–Crippen MR) is 100 cm³/mol. The van der Waals surface area contributed by atoms with E-state index in [1.165, 1.54) is 12.5 Å². The van der Waals surface area contributed by atoms with Crippen molar-refractivity contribution in [2.75, 3.05) is 0 Å². The van der Waals surface area contributed by atoms with Crippen LogP contribution in [0.1, 0.15) is 31.0 Å². The van der Waals surface area contributed by atoms with Crippen molar-refractivity contribution >= 4 is 28.6 Å². The highest BCUT2D eigenvalue weighted by molar-refractivity contribution is 14.1. The molecule has 4 nitrogen and oxygen atoms in total. The summed E-state index contributed by atoms with van der Waals surface area (Å²) >= 11 is 2.21. The SMILES string of the molecule is C[C@@H](OCc1ccc(I)cc1)C(=O)O.C[C@H](N)c1ccccc1. The first-order valence-electron chi connectivity index (χ1n) is 7.29. The summed E-state index contributed by atoms with van der Waals surface area (Å²) < 4.78 is 6.28. The number of nitrogens with two attached hydrogens (primary N) is 1. The zero-order chi connectivity index (χ0) is 17.2. The first kappa shape index (κ1) is 19.6. The molecule has 0 heterocycles. The Balaban J connectivity index is 0.000000253. The summed E-state index contributed by atoms with van der Waals surface area (Å²) in [7, 11) is 0. The van der Waals surface area contributed by atoms with Gasteiger partial charge >= 0.3 is 5.97 Å². The van der Waals surface area contributed by atoms with E-state index in [1.807, 2.05) is 61.5 Å². The number of halogens is 1. The molecule has 2 aromatic rings. The van der Waals surface area contributed by atoms with Crippen LogP contribution in [-0.4, -0.2) is 17.2 Å². The van der Waals surface area contributed by atoms with Crippen LogP contribution in [0.15, 0.2) is 54.6 Å². The Morgan fingerprint density at radius 1 is 1.13 bits per heavy atom. The lowest BCUT2D eigenvalue weighted by Gasteiger charge is -2.08. The van der Waals surface area contributed by atoms with Crippen LogP contribution in [0.3, 0.4) is 0 Å². The van der Waals surface area contributed by atoms with Gasteiger partial charge in [-0.25, -0.2) is 4.79 Å². The van der Waals surface area contributed by atoms with Crippen molar-refractivity contribution in [3.05, 3.63) is 69.3 Å². The fourth-order valence-corrected chi connectivity index (χ4v) is 1.99. The van der Waals surface area contributed by atoms with Gasteiger partial charge in [0.25, 0.3) is 0 Å². The Hall–Kier alpha value is -1.44. The van der Waals surface area contributed by atoms with Crippen LogP contribution < -0.4 is 5.73 Å². The van der Waals surface area contributed by atoms with Crippen LogP contribution in [0.4, 0.5) is 0 Å². The lowest BCUT2D eigenvalue weighted by Crippen LogP contribution is -2.19. The molecule has 0 aliphatic rings. The standard InChI is InChI=1S/C10H11IO3.C8H11N/c1-7(10(12)13)14-6-8-2-4-9(11)5-3-8;1-7(9)8-5-3-2-4-6-8/h2-5,7H,6H2,1H3,(H,12,13);2-7H,9H2,1H3/t2*7-/m10/s1. The van der Waals surface area contributed by atoms with Crippen LogP contribution in [0.5, 0.6) is 0 Å².